The number of hydroxylamine groups is 1. The molecule has 2 saturated heterocycles. The molecule has 3 rings (SSSR count). The van der Waals surface area contributed by atoms with Gasteiger partial charge in [0.05, 0.1) is 13.2 Å². The molecule has 0 saturated carbocycles. The summed E-state index contributed by atoms with van der Waals surface area (Å²) in [6.07, 6.45) is -0.203. The van der Waals surface area contributed by atoms with Crippen LogP contribution in [0.3, 0.4) is 0 Å². The van der Waals surface area contributed by atoms with Gasteiger partial charge in [-0.2, -0.15) is 5.48 Å². The van der Waals surface area contributed by atoms with E-state index in [0.29, 0.717) is 18.8 Å². The molecule has 1 aromatic rings. The first-order valence-corrected chi connectivity index (χ1v) is 5.59. The summed E-state index contributed by atoms with van der Waals surface area (Å²) in [5.41, 5.74) is 1.87. The molecule has 0 spiro atoms. The van der Waals surface area contributed by atoms with Crippen LogP contribution in [0, 0.1) is 11.7 Å². The third-order valence-corrected chi connectivity index (χ3v) is 3.62. The quantitative estimate of drug-likeness (QED) is 0.852. The Labute approximate surface area is 97.7 Å². The van der Waals surface area contributed by atoms with E-state index < -0.39 is 18.0 Å². The minimum Gasteiger partial charge on any atom is -0.378 e. The van der Waals surface area contributed by atoms with Gasteiger partial charge in [-0.05, 0) is 6.07 Å². The van der Waals surface area contributed by atoms with Crippen molar-refractivity contribution in [3.63, 3.8) is 0 Å². The Kier molecular flexibility index (Phi) is 2.61. The smallest absolute Gasteiger partial charge is 0.128 e. The summed E-state index contributed by atoms with van der Waals surface area (Å²) in [6, 6.07) is 6.20. The van der Waals surface area contributed by atoms with Crippen LogP contribution in [0.2, 0.25) is 0 Å². The molecule has 2 fully saturated rings. The van der Waals surface area contributed by atoms with Crippen LogP contribution < -0.4 is 5.48 Å². The van der Waals surface area contributed by atoms with E-state index in [-0.39, 0.29) is 12.0 Å². The molecule has 0 unspecified atom stereocenters. The molecule has 0 aliphatic carbocycles. The van der Waals surface area contributed by atoms with E-state index in [2.05, 4.69) is 5.48 Å². The molecule has 2 aliphatic rings. The van der Waals surface area contributed by atoms with Crippen molar-refractivity contribution in [1.29, 1.82) is 0 Å². The first-order chi connectivity index (χ1) is 8.28. The van der Waals surface area contributed by atoms with Crippen LogP contribution in [0.5, 0.6) is 0 Å². The maximum absolute atomic E-state index is 13.8. The molecule has 1 N–H and O–H groups in total. The van der Waals surface area contributed by atoms with Gasteiger partial charge in [0, 0.05) is 11.5 Å². The van der Waals surface area contributed by atoms with E-state index in [1.54, 1.807) is 18.2 Å². The van der Waals surface area contributed by atoms with Gasteiger partial charge in [0.25, 0.3) is 0 Å². The molecule has 2 heterocycles. The van der Waals surface area contributed by atoms with Crippen molar-refractivity contribution in [2.24, 2.45) is 5.92 Å². The maximum atomic E-state index is 13.8. The lowest BCUT2D eigenvalue weighted by Crippen LogP contribution is -2.45. The lowest BCUT2D eigenvalue weighted by molar-refractivity contribution is -0.0205. The molecule has 5 heteroatoms. The molecule has 2 aliphatic heterocycles. The van der Waals surface area contributed by atoms with Crippen molar-refractivity contribution in [2.45, 2.75) is 11.6 Å². The SMILES string of the molecule is FC[C@@]1(c2ccccc2F)NO[C@H]2COC[C@H]21. The van der Waals surface area contributed by atoms with Gasteiger partial charge >= 0.3 is 0 Å². The second kappa shape index (κ2) is 4.01. The zero-order chi connectivity index (χ0) is 11.9. The Morgan fingerprint density at radius 2 is 2.18 bits per heavy atom. The van der Waals surface area contributed by atoms with Crippen molar-refractivity contribution in [3.05, 3.63) is 35.6 Å². The first-order valence-electron chi connectivity index (χ1n) is 5.59. The fourth-order valence-corrected chi connectivity index (χ4v) is 2.64. The zero-order valence-corrected chi connectivity index (χ0v) is 9.16. The molecule has 0 bridgehead atoms. The molecular weight excluding hydrogens is 228 g/mol. The fourth-order valence-electron chi connectivity index (χ4n) is 2.64. The van der Waals surface area contributed by atoms with Crippen LogP contribution in [-0.2, 0) is 15.1 Å². The summed E-state index contributed by atoms with van der Waals surface area (Å²) in [5, 5.41) is 0. The van der Waals surface area contributed by atoms with Crippen molar-refractivity contribution < 1.29 is 18.4 Å². The molecule has 3 nitrogen and oxygen atoms in total. The summed E-state index contributed by atoms with van der Waals surface area (Å²) < 4.78 is 32.6. The van der Waals surface area contributed by atoms with Crippen molar-refractivity contribution in [3.8, 4) is 0 Å². The lowest BCUT2D eigenvalue weighted by Gasteiger charge is -2.30. The number of halogens is 2. The zero-order valence-electron chi connectivity index (χ0n) is 9.16. The second-order valence-electron chi connectivity index (χ2n) is 4.49. The summed E-state index contributed by atoms with van der Waals surface area (Å²) >= 11 is 0. The highest BCUT2D eigenvalue weighted by Gasteiger charge is 2.55. The molecular formula is C12H13F2NO2. The van der Waals surface area contributed by atoms with Gasteiger partial charge in [-0.25, -0.2) is 8.78 Å². The predicted octanol–water partition coefficient (Wildman–Crippen LogP) is 1.54. The second-order valence-corrected chi connectivity index (χ2v) is 4.49. The average molecular weight is 241 g/mol. The minimum atomic E-state index is -1.12. The Bertz CT molecular complexity index is 429. The number of alkyl halides is 1. The molecule has 0 radical (unpaired) electrons. The van der Waals surface area contributed by atoms with Gasteiger partial charge in [0.15, 0.2) is 0 Å². The van der Waals surface area contributed by atoms with Crippen LogP contribution in [0.15, 0.2) is 24.3 Å². The van der Waals surface area contributed by atoms with Gasteiger partial charge in [0.2, 0.25) is 0 Å². The highest BCUT2D eigenvalue weighted by Crippen LogP contribution is 2.42. The molecule has 17 heavy (non-hydrogen) atoms. The van der Waals surface area contributed by atoms with Crippen molar-refractivity contribution in [1.82, 2.24) is 5.48 Å². The van der Waals surface area contributed by atoms with E-state index in [1.807, 2.05) is 0 Å². The van der Waals surface area contributed by atoms with Crippen LogP contribution in [0.1, 0.15) is 5.56 Å². The number of ether oxygens (including phenoxy) is 1. The summed E-state index contributed by atoms with van der Waals surface area (Å²) in [6.45, 7) is 0.0856. The van der Waals surface area contributed by atoms with Crippen LogP contribution in [0.4, 0.5) is 8.78 Å². The Balaban J connectivity index is 2.06. The number of nitrogens with one attached hydrogen (secondary N) is 1. The molecule has 0 amide bonds. The van der Waals surface area contributed by atoms with Crippen molar-refractivity contribution >= 4 is 0 Å². The Hall–Kier alpha value is -1.04. The molecule has 1 aromatic carbocycles. The van der Waals surface area contributed by atoms with E-state index in [1.165, 1.54) is 6.07 Å². The predicted molar refractivity (Wildman–Crippen MR) is 56.4 cm³/mol. The lowest BCUT2D eigenvalue weighted by atomic mass is 9.79. The highest BCUT2D eigenvalue weighted by atomic mass is 19.1. The highest BCUT2D eigenvalue weighted by molar-refractivity contribution is 5.29. The minimum absolute atomic E-state index is 0.190. The largest absolute Gasteiger partial charge is 0.378 e. The fraction of sp³-hybridized carbons (Fsp3) is 0.500. The van der Waals surface area contributed by atoms with E-state index in [0.717, 1.165) is 0 Å². The van der Waals surface area contributed by atoms with E-state index in [9.17, 15) is 8.78 Å². The van der Waals surface area contributed by atoms with E-state index in [4.69, 9.17) is 9.57 Å². The summed E-state index contributed by atoms with van der Waals surface area (Å²) in [7, 11) is 0. The molecule has 92 valence electrons. The average Bonchev–Trinajstić information content (AvgIpc) is 2.92. The number of hydrogen-bond acceptors (Lipinski definition) is 3. The van der Waals surface area contributed by atoms with Gasteiger partial charge < -0.3 is 4.74 Å². The number of rotatable bonds is 2. The third kappa shape index (κ3) is 1.50. The standard InChI is InChI=1S/C12H13F2NO2/c13-7-12(8-3-1-2-4-10(8)14)9-5-16-6-11(9)17-15-12/h1-4,9,11,15H,5-7H2/t9-,11+,12+/m1/s1. The number of hydrogen-bond donors (Lipinski definition) is 1. The third-order valence-electron chi connectivity index (χ3n) is 3.62. The topological polar surface area (TPSA) is 30.5 Å². The van der Waals surface area contributed by atoms with Crippen LogP contribution >= 0.6 is 0 Å². The van der Waals surface area contributed by atoms with Gasteiger partial charge in [-0.3, -0.25) is 4.84 Å². The summed E-state index contributed by atoms with van der Waals surface area (Å²) in [4.78, 5) is 5.31. The monoisotopic (exact) mass is 241 g/mol. The van der Waals surface area contributed by atoms with Crippen LogP contribution in [-0.4, -0.2) is 26.0 Å². The van der Waals surface area contributed by atoms with Crippen molar-refractivity contribution in [2.75, 3.05) is 19.9 Å². The Morgan fingerprint density at radius 3 is 2.94 bits per heavy atom. The number of fused-ring (bicyclic) bond motifs is 1. The number of benzene rings is 1. The van der Waals surface area contributed by atoms with Gasteiger partial charge in [-0.15, -0.1) is 0 Å². The summed E-state index contributed by atoms with van der Waals surface area (Å²) in [5.74, 6) is -0.613. The first kappa shape index (κ1) is 11.1. The van der Waals surface area contributed by atoms with Gasteiger partial charge in [-0.1, -0.05) is 18.2 Å². The normalized spacial score (nSPS) is 36.1. The molecule has 0 aromatic heterocycles. The molecule has 3 atom stereocenters. The van der Waals surface area contributed by atoms with Gasteiger partial charge in [0.1, 0.15) is 24.1 Å². The maximum Gasteiger partial charge on any atom is 0.128 e. The Morgan fingerprint density at radius 1 is 1.35 bits per heavy atom. The van der Waals surface area contributed by atoms with E-state index >= 15 is 0 Å². The van der Waals surface area contributed by atoms with Crippen LogP contribution in [0.25, 0.3) is 0 Å².